The Balaban J connectivity index is 2.11. The lowest BCUT2D eigenvalue weighted by Crippen LogP contribution is -2.51. The Labute approximate surface area is 240 Å². The van der Waals surface area contributed by atoms with Gasteiger partial charge in [-0.2, -0.15) is 13.2 Å². The van der Waals surface area contributed by atoms with Gasteiger partial charge in [-0.15, -0.1) is 0 Å². The molecule has 0 unspecified atom stereocenters. The zero-order valence-electron chi connectivity index (χ0n) is 21.5. The normalized spacial score (nSPS) is 12.5. The summed E-state index contributed by atoms with van der Waals surface area (Å²) < 4.78 is 68.5. The number of anilines is 1. The molecule has 214 valence electrons. The molecule has 3 rings (SSSR count). The molecule has 0 aliphatic rings. The standard InChI is InChI=1S/C27H26Cl2F3N3O4S/c1-3-24(26(37)33-2)34(16-18-12-13-22(28)23(29)14-18)25(36)17-35(40(38,39)21-10-5-4-6-11-21)20-9-7-8-19(15-20)27(30,31)32/h4-15,24H,3,16-17H2,1-2H3,(H,33,37)/t24-/m0/s1. The van der Waals surface area contributed by atoms with E-state index in [0.717, 1.165) is 12.1 Å². The largest absolute Gasteiger partial charge is 0.416 e. The molecule has 0 spiro atoms. The molecule has 0 saturated heterocycles. The topological polar surface area (TPSA) is 86.8 Å². The number of hydrogen-bond acceptors (Lipinski definition) is 4. The minimum Gasteiger partial charge on any atom is -0.357 e. The summed E-state index contributed by atoms with van der Waals surface area (Å²) in [7, 11) is -3.12. The van der Waals surface area contributed by atoms with Crippen molar-refractivity contribution in [2.75, 3.05) is 17.9 Å². The van der Waals surface area contributed by atoms with Crippen molar-refractivity contribution in [1.82, 2.24) is 10.2 Å². The number of likely N-dealkylation sites (N-methyl/N-ethyl adjacent to an activating group) is 1. The van der Waals surface area contributed by atoms with Crippen LogP contribution in [0.3, 0.4) is 0 Å². The van der Waals surface area contributed by atoms with E-state index in [9.17, 15) is 31.2 Å². The fourth-order valence-corrected chi connectivity index (χ4v) is 5.75. The number of sulfonamides is 1. The Morgan fingerprint density at radius 1 is 0.950 bits per heavy atom. The first-order chi connectivity index (χ1) is 18.8. The maximum Gasteiger partial charge on any atom is 0.416 e. The molecule has 0 aliphatic carbocycles. The summed E-state index contributed by atoms with van der Waals surface area (Å²) in [6, 6.07) is 14.3. The van der Waals surface area contributed by atoms with Crippen LogP contribution in [0.1, 0.15) is 24.5 Å². The van der Waals surface area contributed by atoms with Gasteiger partial charge in [0.1, 0.15) is 12.6 Å². The number of carbonyl (C=O) groups excluding carboxylic acids is 2. The first kappa shape index (κ1) is 31.3. The van der Waals surface area contributed by atoms with Crippen LogP contribution >= 0.6 is 23.2 Å². The van der Waals surface area contributed by atoms with Crippen LogP contribution in [0.4, 0.5) is 18.9 Å². The summed E-state index contributed by atoms with van der Waals surface area (Å²) in [6.07, 6.45) is -4.59. The number of hydrogen-bond donors (Lipinski definition) is 1. The van der Waals surface area contributed by atoms with E-state index >= 15 is 0 Å². The molecule has 0 aliphatic heterocycles. The van der Waals surface area contributed by atoms with Crippen molar-refractivity contribution in [2.45, 2.75) is 37.0 Å². The number of nitrogens with one attached hydrogen (secondary N) is 1. The molecular weight excluding hydrogens is 590 g/mol. The van der Waals surface area contributed by atoms with Crippen LogP contribution in [-0.2, 0) is 32.3 Å². The molecule has 3 aromatic carbocycles. The molecule has 7 nitrogen and oxygen atoms in total. The first-order valence-electron chi connectivity index (χ1n) is 12.0. The summed E-state index contributed by atoms with van der Waals surface area (Å²) in [5, 5.41) is 2.96. The van der Waals surface area contributed by atoms with Gasteiger partial charge in [-0.25, -0.2) is 8.42 Å². The average Bonchev–Trinajstić information content (AvgIpc) is 2.93. The highest BCUT2D eigenvalue weighted by molar-refractivity contribution is 7.92. The van der Waals surface area contributed by atoms with Gasteiger partial charge in [-0.1, -0.05) is 60.5 Å². The molecule has 2 amide bonds. The molecule has 0 fully saturated rings. The lowest BCUT2D eigenvalue weighted by Gasteiger charge is -2.33. The monoisotopic (exact) mass is 615 g/mol. The minimum absolute atomic E-state index is 0.149. The van der Waals surface area contributed by atoms with Crippen LogP contribution in [0, 0.1) is 0 Å². The number of alkyl halides is 3. The van der Waals surface area contributed by atoms with Gasteiger partial charge in [0.2, 0.25) is 11.8 Å². The highest BCUT2D eigenvalue weighted by Crippen LogP contribution is 2.33. The van der Waals surface area contributed by atoms with E-state index in [4.69, 9.17) is 23.2 Å². The van der Waals surface area contributed by atoms with Crippen molar-refractivity contribution in [3.8, 4) is 0 Å². The van der Waals surface area contributed by atoms with Crippen LogP contribution in [0.25, 0.3) is 0 Å². The van der Waals surface area contributed by atoms with Crippen LogP contribution in [0.2, 0.25) is 10.0 Å². The van der Waals surface area contributed by atoms with Crippen molar-refractivity contribution in [2.24, 2.45) is 0 Å². The quantitative estimate of drug-likeness (QED) is 0.314. The molecule has 1 N–H and O–H groups in total. The van der Waals surface area contributed by atoms with Crippen molar-refractivity contribution in [3.05, 3.63) is 94.0 Å². The van der Waals surface area contributed by atoms with E-state index in [1.54, 1.807) is 19.1 Å². The molecule has 1 atom stereocenters. The van der Waals surface area contributed by atoms with Crippen LogP contribution < -0.4 is 9.62 Å². The highest BCUT2D eigenvalue weighted by Gasteiger charge is 2.35. The van der Waals surface area contributed by atoms with Crippen molar-refractivity contribution in [3.63, 3.8) is 0 Å². The summed E-state index contributed by atoms with van der Waals surface area (Å²) in [5.41, 5.74) is -0.952. The molecule has 3 aromatic rings. The number of nitrogens with zero attached hydrogens (tertiary/aromatic N) is 2. The van der Waals surface area contributed by atoms with E-state index in [1.165, 1.54) is 54.4 Å². The number of rotatable bonds is 10. The van der Waals surface area contributed by atoms with Gasteiger partial charge < -0.3 is 10.2 Å². The number of carbonyl (C=O) groups is 2. The van der Waals surface area contributed by atoms with E-state index in [0.29, 0.717) is 15.9 Å². The zero-order valence-corrected chi connectivity index (χ0v) is 23.8. The summed E-state index contributed by atoms with van der Waals surface area (Å²) in [4.78, 5) is 27.5. The Hall–Kier alpha value is -3.28. The summed E-state index contributed by atoms with van der Waals surface area (Å²) >= 11 is 12.1. The lowest BCUT2D eigenvalue weighted by molar-refractivity contribution is -0.140. The van der Waals surface area contributed by atoms with Crippen molar-refractivity contribution in [1.29, 1.82) is 0 Å². The van der Waals surface area contributed by atoms with Crippen LogP contribution in [0.15, 0.2) is 77.7 Å². The van der Waals surface area contributed by atoms with Gasteiger partial charge in [-0.3, -0.25) is 13.9 Å². The van der Waals surface area contributed by atoms with Crippen LogP contribution in [-0.4, -0.2) is 44.8 Å². The second-order valence-electron chi connectivity index (χ2n) is 8.68. The first-order valence-corrected chi connectivity index (χ1v) is 14.2. The molecule has 0 radical (unpaired) electrons. The Morgan fingerprint density at radius 3 is 2.20 bits per heavy atom. The van der Waals surface area contributed by atoms with Gasteiger partial charge in [0, 0.05) is 13.6 Å². The number of halogens is 5. The number of amides is 2. The van der Waals surface area contributed by atoms with E-state index in [2.05, 4.69) is 5.32 Å². The third kappa shape index (κ3) is 7.26. The van der Waals surface area contributed by atoms with Crippen LogP contribution in [0.5, 0.6) is 0 Å². The molecule has 0 bridgehead atoms. The maximum absolute atomic E-state index is 13.8. The van der Waals surface area contributed by atoms with Crippen molar-refractivity contribution >= 4 is 50.7 Å². The van der Waals surface area contributed by atoms with E-state index in [1.807, 2.05) is 0 Å². The minimum atomic E-state index is -4.76. The molecule has 13 heteroatoms. The van der Waals surface area contributed by atoms with Gasteiger partial charge in [0.05, 0.1) is 26.2 Å². The molecule has 0 heterocycles. The fourth-order valence-electron chi connectivity index (χ4n) is 4.01. The SMILES string of the molecule is CC[C@@H](C(=O)NC)N(Cc1ccc(Cl)c(Cl)c1)C(=O)CN(c1cccc(C(F)(F)F)c1)S(=O)(=O)c1ccccc1. The average molecular weight is 616 g/mol. The smallest absolute Gasteiger partial charge is 0.357 e. The fraction of sp³-hybridized carbons (Fsp3) is 0.259. The van der Waals surface area contributed by atoms with Gasteiger partial charge >= 0.3 is 6.18 Å². The van der Waals surface area contributed by atoms with Crippen molar-refractivity contribution < 1.29 is 31.2 Å². The summed E-state index contributed by atoms with van der Waals surface area (Å²) in [6.45, 7) is 0.636. The lowest BCUT2D eigenvalue weighted by atomic mass is 10.1. The molecular formula is C27H26Cl2F3N3O4S. The predicted molar refractivity (Wildman–Crippen MR) is 148 cm³/mol. The molecule has 40 heavy (non-hydrogen) atoms. The Morgan fingerprint density at radius 2 is 1.62 bits per heavy atom. The Kier molecular flexibility index (Phi) is 10.1. The van der Waals surface area contributed by atoms with Gasteiger partial charge in [-0.05, 0) is 54.4 Å². The van der Waals surface area contributed by atoms with E-state index in [-0.39, 0.29) is 33.6 Å². The third-order valence-electron chi connectivity index (χ3n) is 6.04. The Bertz CT molecular complexity index is 1470. The third-order valence-corrected chi connectivity index (χ3v) is 8.57. The molecule has 0 saturated carbocycles. The predicted octanol–water partition coefficient (Wildman–Crippen LogP) is 5.76. The maximum atomic E-state index is 13.8. The van der Waals surface area contributed by atoms with Gasteiger partial charge in [0.25, 0.3) is 10.0 Å². The van der Waals surface area contributed by atoms with E-state index < -0.39 is 46.2 Å². The second-order valence-corrected chi connectivity index (χ2v) is 11.4. The zero-order chi connectivity index (χ0) is 29.7. The highest BCUT2D eigenvalue weighted by atomic mass is 35.5. The van der Waals surface area contributed by atoms with Gasteiger partial charge in [0.15, 0.2) is 0 Å². The summed E-state index contributed by atoms with van der Waals surface area (Å²) in [5.74, 6) is -1.33. The number of benzene rings is 3. The second kappa shape index (κ2) is 12.9. The molecule has 0 aromatic heterocycles.